The molecule has 1 N–H and O–H groups in total. The predicted molar refractivity (Wildman–Crippen MR) is 135 cm³/mol. The molecule has 7 nitrogen and oxygen atoms in total. The Balaban J connectivity index is 1.08. The van der Waals surface area contributed by atoms with Gasteiger partial charge in [-0.05, 0) is 55.2 Å². The monoisotopic (exact) mass is 454 g/mol. The normalized spacial score (nSPS) is 20.5. The van der Waals surface area contributed by atoms with Crippen LogP contribution in [0.15, 0.2) is 60.9 Å². The molecule has 6 rings (SSSR count). The molecule has 2 aromatic heterocycles. The summed E-state index contributed by atoms with van der Waals surface area (Å²) < 4.78 is 0. The molecule has 0 unspecified atom stereocenters. The number of piperazine rings is 1. The summed E-state index contributed by atoms with van der Waals surface area (Å²) in [6, 6.07) is 16.8. The summed E-state index contributed by atoms with van der Waals surface area (Å²) in [5.41, 5.74) is 5.43. The zero-order chi connectivity index (χ0) is 22.9. The Morgan fingerprint density at radius 3 is 2.59 bits per heavy atom. The van der Waals surface area contributed by atoms with E-state index >= 15 is 0 Å². The number of hydrogen-bond donors (Lipinski definition) is 1. The summed E-state index contributed by atoms with van der Waals surface area (Å²) in [6.45, 7) is 5.76. The number of carbonyl (C=O) groups excluding carboxylic acids is 1. The molecule has 1 aromatic carbocycles. The van der Waals surface area contributed by atoms with Crippen molar-refractivity contribution in [2.24, 2.45) is 0 Å². The van der Waals surface area contributed by atoms with E-state index in [9.17, 15) is 4.79 Å². The van der Waals surface area contributed by atoms with E-state index in [4.69, 9.17) is 4.98 Å². The van der Waals surface area contributed by atoms with Crippen LogP contribution in [-0.4, -0.2) is 59.5 Å². The highest BCUT2D eigenvalue weighted by atomic mass is 16.2. The van der Waals surface area contributed by atoms with Crippen molar-refractivity contribution < 1.29 is 4.79 Å². The second kappa shape index (κ2) is 9.06. The number of benzene rings is 1. The quantitative estimate of drug-likeness (QED) is 0.647. The molecule has 1 atom stereocenters. The minimum Gasteiger partial charge on any atom is -0.369 e. The molecule has 0 aliphatic carbocycles. The fourth-order valence-electron chi connectivity index (χ4n) is 5.38. The number of carbonyl (C=O) groups is 1. The lowest BCUT2D eigenvalue weighted by Gasteiger charge is -2.40. The Morgan fingerprint density at radius 1 is 0.941 bits per heavy atom. The van der Waals surface area contributed by atoms with Gasteiger partial charge in [-0.25, -0.2) is 4.98 Å². The Kier molecular flexibility index (Phi) is 5.63. The first-order chi connectivity index (χ1) is 16.7. The Morgan fingerprint density at radius 2 is 1.79 bits per heavy atom. The fraction of sp³-hybridized carbons (Fsp3) is 0.370. The Labute approximate surface area is 200 Å². The number of nitrogens with zero attached hydrogens (tertiary/aromatic N) is 5. The van der Waals surface area contributed by atoms with Gasteiger partial charge < -0.3 is 15.1 Å². The zero-order valence-corrected chi connectivity index (χ0v) is 19.4. The number of aromatic nitrogens is 2. The fourth-order valence-corrected chi connectivity index (χ4v) is 5.38. The van der Waals surface area contributed by atoms with Crippen LogP contribution in [0, 0.1) is 0 Å². The third-order valence-electron chi connectivity index (χ3n) is 7.23. The summed E-state index contributed by atoms with van der Waals surface area (Å²) in [4.78, 5) is 28.9. The van der Waals surface area contributed by atoms with Gasteiger partial charge in [-0.15, -0.1) is 0 Å². The van der Waals surface area contributed by atoms with E-state index in [0.717, 1.165) is 86.9 Å². The third kappa shape index (κ3) is 4.12. The highest BCUT2D eigenvalue weighted by Gasteiger charge is 2.35. The highest BCUT2D eigenvalue weighted by Crippen LogP contribution is 2.35. The molecule has 0 saturated carbocycles. The summed E-state index contributed by atoms with van der Waals surface area (Å²) in [5.74, 6) is 1.06. The van der Waals surface area contributed by atoms with Crippen molar-refractivity contribution in [3.63, 3.8) is 0 Å². The van der Waals surface area contributed by atoms with Gasteiger partial charge in [0, 0.05) is 62.9 Å². The number of hydrogen-bond acceptors (Lipinski definition) is 6. The molecule has 174 valence electrons. The average molecular weight is 455 g/mol. The van der Waals surface area contributed by atoms with E-state index in [-0.39, 0.29) is 11.9 Å². The maximum atomic E-state index is 12.6. The maximum Gasteiger partial charge on any atom is 0.247 e. The standard InChI is InChI=1S/C27H30N6O/c34-27-25-6-2-4-12-33(25)26-24(30-27)17-20(18-29-26)19-31-13-15-32(16-14-31)22-9-7-21(8-10-22)23-5-1-3-11-28-23/h1,3,5,7-11,17-18,25H,2,4,6,12-16,19H2,(H,30,34)/t25-/m0/s1. The van der Waals surface area contributed by atoms with Gasteiger partial charge in [0.1, 0.15) is 6.04 Å². The molecule has 3 aliphatic rings. The summed E-state index contributed by atoms with van der Waals surface area (Å²) in [6.07, 6.45) is 6.99. The van der Waals surface area contributed by atoms with Gasteiger partial charge in [0.2, 0.25) is 5.91 Å². The van der Waals surface area contributed by atoms with Gasteiger partial charge in [0.15, 0.2) is 5.82 Å². The molecule has 34 heavy (non-hydrogen) atoms. The van der Waals surface area contributed by atoms with Gasteiger partial charge in [-0.3, -0.25) is 14.7 Å². The average Bonchev–Trinajstić information content (AvgIpc) is 2.90. The van der Waals surface area contributed by atoms with Crippen LogP contribution in [0.1, 0.15) is 24.8 Å². The molecule has 7 heteroatoms. The predicted octanol–water partition coefficient (Wildman–Crippen LogP) is 3.78. The molecule has 2 fully saturated rings. The summed E-state index contributed by atoms with van der Waals surface area (Å²) in [7, 11) is 0. The third-order valence-corrected chi connectivity index (χ3v) is 7.23. The van der Waals surface area contributed by atoms with Crippen molar-refractivity contribution >= 4 is 23.1 Å². The number of rotatable bonds is 4. The van der Waals surface area contributed by atoms with Gasteiger partial charge in [-0.2, -0.15) is 0 Å². The van der Waals surface area contributed by atoms with Crippen LogP contribution in [0.25, 0.3) is 11.3 Å². The van der Waals surface area contributed by atoms with Crippen LogP contribution in [0.3, 0.4) is 0 Å². The first kappa shape index (κ1) is 21.1. The largest absolute Gasteiger partial charge is 0.369 e. The molecular weight excluding hydrogens is 424 g/mol. The number of fused-ring (bicyclic) bond motifs is 3. The molecular formula is C27H30N6O. The van der Waals surface area contributed by atoms with E-state index in [1.54, 1.807) is 0 Å². The lowest BCUT2D eigenvalue weighted by molar-refractivity contribution is -0.118. The van der Waals surface area contributed by atoms with Gasteiger partial charge >= 0.3 is 0 Å². The van der Waals surface area contributed by atoms with Crippen LogP contribution in [0.2, 0.25) is 0 Å². The molecule has 0 spiro atoms. The van der Waals surface area contributed by atoms with Crippen molar-refractivity contribution in [3.8, 4) is 11.3 Å². The SMILES string of the molecule is O=C1Nc2cc(CN3CCN(c4ccc(-c5ccccn5)cc4)CC3)cnc2N2CCCC[C@@H]12. The molecule has 1 amide bonds. The van der Waals surface area contributed by atoms with E-state index < -0.39 is 0 Å². The summed E-state index contributed by atoms with van der Waals surface area (Å²) in [5, 5.41) is 3.11. The van der Waals surface area contributed by atoms with Crippen molar-refractivity contribution in [2.75, 3.05) is 47.8 Å². The van der Waals surface area contributed by atoms with Gasteiger partial charge in [-0.1, -0.05) is 18.2 Å². The van der Waals surface area contributed by atoms with Crippen LogP contribution in [0.5, 0.6) is 0 Å². The Bertz CT molecular complexity index is 1160. The number of anilines is 3. The van der Waals surface area contributed by atoms with Crippen LogP contribution < -0.4 is 15.1 Å². The van der Waals surface area contributed by atoms with Crippen LogP contribution in [-0.2, 0) is 11.3 Å². The lowest BCUT2D eigenvalue weighted by atomic mass is 9.99. The van der Waals surface area contributed by atoms with Crippen molar-refractivity contribution in [3.05, 3.63) is 66.5 Å². The zero-order valence-electron chi connectivity index (χ0n) is 19.4. The highest BCUT2D eigenvalue weighted by molar-refractivity contribution is 6.02. The molecule has 5 heterocycles. The van der Waals surface area contributed by atoms with Gasteiger partial charge in [0.25, 0.3) is 0 Å². The van der Waals surface area contributed by atoms with E-state index in [1.165, 1.54) is 5.69 Å². The smallest absolute Gasteiger partial charge is 0.247 e. The van der Waals surface area contributed by atoms with E-state index in [2.05, 4.69) is 55.3 Å². The van der Waals surface area contributed by atoms with Crippen molar-refractivity contribution in [1.82, 2.24) is 14.9 Å². The second-order valence-electron chi connectivity index (χ2n) is 9.43. The van der Waals surface area contributed by atoms with Gasteiger partial charge in [0.05, 0.1) is 11.4 Å². The lowest BCUT2D eigenvalue weighted by Crippen LogP contribution is -2.51. The van der Waals surface area contributed by atoms with Crippen LogP contribution in [0.4, 0.5) is 17.2 Å². The van der Waals surface area contributed by atoms with Crippen LogP contribution >= 0.6 is 0 Å². The van der Waals surface area contributed by atoms with E-state index in [1.807, 2.05) is 30.6 Å². The first-order valence-electron chi connectivity index (χ1n) is 12.3. The molecule has 2 saturated heterocycles. The number of amides is 1. The first-order valence-corrected chi connectivity index (χ1v) is 12.3. The second-order valence-corrected chi connectivity index (χ2v) is 9.43. The van der Waals surface area contributed by atoms with Crippen molar-refractivity contribution in [2.45, 2.75) is 31.8 Å². The minimum atomic E-state index is -0.0503. The molecule has 3 aromatic rings. The number of pyridine rings is 2. The summed E-state index contributed by atoms with van der Waals surface area (Å²) >= 11 is 0. The molecule has 3 aliphatic heterocycles. The molecule has 0 radical (unpaired) electrons. The number of nitrogens with one attached hydrogen (secondary N) is 1. The minimum absolute atomic E-state index is 0.0503. The topological polar surface area (TPSA) is 64.6 Å². The van der Waals surface area contributed by atoms with Crippen molar-refractivity contribution in [1.29, 1.82) is 0 Å². The number of piperidine rings is 1. The Hall–Kier alpha value is -3.45. The maximum absolute atomic E-state index is 12.6. The van der Waals surface area contributed by atoms with E-state index in [0.29, 0.717) is 0 Å². The molecule has 0 bridgehead atoms.